The average Bonchev–Trinajstić information content (AvgIpc) is 2.34. The molecule has 94 valence electrons. The highest BCUT2D eigenvalue weighted by Gasteiger charge is 2.04. The molecule has 0 aliphatic rings. The van der Waals surface area contributed by atoms with Crippen molar-refractivity contribution in [3.63, 3.8) is 0 Å². The minimum atomic E-state index is -0.268. The molecule has 0 spiro atoms. The highest BCUT2D eigenvalue weighted by Crippen LogP contribution is 2.08. The molecule has 0 aromatic carbocycles. The number of hydrogen-bond acceptors (Lipinski definition) is 4. The summed E-state index contributed by atoms with van der Waals surface area (Å²) in [6, 6.07) is 3.52. The summed E-state index contributed by atoms with van der Waals surface area (Å²) in [5.74, 6) is -0.197. The standard InChI is InChI=1S/C12H19N3O2/c1-9(16)4-3-6-14-10-5-7-15-11(8-10)12(17)13-2/h5,7-9,16H,3-4,6H2,1-2H3,(H,13,17)(H,14,15). The van der Waals surface area contributed by atoms with Gasteiger partial charge in [0, 0.05) is 25.5 Å². The lowest BCUT2D eigenvalue weighted by molar-refractivity contribution is 0.0958. The first-order chi connectivity index (χ1) is 8.13. The maximum absolute atomic E-state index is 11.4. The van der Waals surface area contributed by atoms with E-state index in [2.05, 4.69) is 15.6 Å². The van der Waals surface area contributed by atoms with Gasteiger partial charge in [-0.05, 0) is 31.9 Å². The van der Waals surface area contributed by atoms with Crippen molar-refractivity contribution in [2.24, 2.45) is 0 Å². The molecule has 1 unspecified atom stereocenters. The van der Waals surface area contributed by atoms with E-state index in [-0.39, 0.29) is 12.0 Å². The van der Waals surface area contributed by atoms with E-state index in [4.69, 9.17) is 5.11 Å². The number of aromatic nitrogens is 1. The Morgan fingerprint density at radius 2 is 2.35 bits per heavy atom. The summed E-state index contributed by atoms with van der Waals surface area (Å²) in [7, 11) is 1.58. The number of anilines is 1. The Morgan fingerprint density at radius 1 is 1.59 bits per heavy atom. The summed E-state index contributed by atoms with van der Waals surface area (Å²) < 4.78 is 0. The van der Waals surface area contributed by atoms with Gasteiger partial charge in [-0.15, -0.1) is 0 Å². The third-order valence-electron chi connectivity index (χ3n) is 2.35. The van der Waals surface area contributed by atoms with Crippen molar-refractivity contribution in [1.29, 1.82) is 0 Å². The topological polar surface area (TPSA) is 74.2 Å². The Morgan fingerprint density at radius 3 is 3.00 bits per heavy atom. The molecule has 1 amide bonds. The number of rotatable bonds is 6. The third-order valence-corrected chi connectivity index (χ3v) is 2.35. The van der Waals surface area contributed by atoms with E-state index in [1.807, 2.05) is 6.07 Å². The Kier molecular flexibility index (Phi) is 5.42. The second kappa shape index (κ2) is 6.85. The first-order valence-corrected chi connectivity index (χ1v) is 5.73. The fraction of sp³-hybridized carbons (Fsp3) is 0.500. The van der Waals surface area contributed by atoms with Gasteiger partial charge in [0.05, 0.1) is 6.10 Å². The maximum Gasteiger partial charge on any atom is 0.269 e. The van der Waals surface area contributed by atoms with E-state index in [1.54, 1.807) is 26.2 Å². The van der Waals surface area contributed by atoms with Crippen LogP contribution in [0.5, 0.6) is 0 Å². The summed E-state index contributed by atoms with van der Waals surface area (Å²) in [4.78, 5) is 15.3. The van der Waals surface area contributed by atoms with E-state index in [0.717, 1.165) is 25.1 Å². The van der Waals surface area contributed by atoms with E-state index in [1.165, 1.54) is 0 Å². The molecule has 0 aliphatic heterocycles. The van der Waals surface area contributed by atoms with Crippen LogP contribution in [0.15, 0.2) is 18.3 Å². The molecule has 1 atom stereocenters. The van der Waals surface area contributed by atoms with Crippen molar-refractivity contribution in [2.75, 3.05) is 18.9 Å². The van der Waals surface area contributed by atoms with Crippen LogP contribution in [-0.2, 0) is 0 Å². The quantitative estimate of drug-likeness (QED) is 0.646. The molecule has 0 fully saturated rings. The number of aliphatic hydroxyl groups excluding tert-OH is 1. The van der Waals surface area contributed by atoms with Crippen molar-refractivity contribution >= 4 is 11.6 Å². The molecular weight excluding hydrogens is 218 g/mol. The zero-order valence-corrected chi connectivity index (χ0v) is 10.2. The number of nitrogens with one attached hydrogen (secondary N) is 2. The van der Waals surface area contributed by atoms with Crippen LogP contribution in [0, 0.1) is 0 Å². The minimum Gasteiger partial charge on any atom is -0.393 e. The minimum absolute atomic E-state index is 0.197. The van der Waals surface area contributed by atoms with E-state index in [0.29, 0.717) is 5.69 Å². The fourth-order valence-electron chi connectivity index (χ4n) is 1.42. The lowest BCUT2D eigenvalue weighted by Crippen LogP contribution is -2.19. The molecule has 0 radical (unpaired) electrons. The van der Waals surface area contributed by atoms with E-state index in [9.17, 15) is 4.79 Å². The number of amides is 1. The summed E-state index contributed by atoms with van der Waals surface area (Å²) >= 11 is 0. The zero-order chi connectivity index (χ0) is 12.7. The van der Waals surface area contributed by atoms with Crippen molar-refractivity contribution in [3.05, 3.63) is 24.0 Å². The lowest BCUT2D eigenvalue weighted by atomic mass is 10.2. The summed E-state index contributed by atoms with van der Waals surface area (Å²) in [5.41, 5.74) is 1.26. The van der Waals surface area contributed by atoms with Crippen LogP contribution in [0.4, 0.5) is 5.69 Å². The Hall–Kier alpha value is -1.62. The van der Waals surface area contributed by atoms with Crippen molar-refractivity contribution in [2.45, 2.75) is 25.9 Å². The molecule has 1 aromatic rings. The van der Waals surface area contributed by atoms with Gasteiger partial charge in [-0.3, -0.25) is 9.78 Å². The summed E-state index contributed by atoms with van der Waals surface area (Å²) in [6.45, 7) is 2.54. The Bertz CT molecular complexity index is 367. The van der Waals surface area contributed by atoms with Crippen LogP contribution in [0.25, 0.3) is 0 Å². The predicted molar refractivity (Wildman–Crippen MR) is 67.0 cm³/mol. The number of nitrogens with zero attached hydrogens (tertiary/aromatic N) is 1. The van der Waals surface area contributed by atoms with Crippen molar-refractivity contribution in [3.8, 4) is 0 Å². The molecular formula is C12H19N3O2. The van der Waals surface area contributed by atoms with Gasteiger partial charge in [-0.1, -0.05) is 0 Å². The Balaban J connectivity index is 2.46. The van der Waals surface area contributed by atoms with Crippen LogP contribution in [-0.4, -0.2) is 35.7 Å². The largest absolute Gasteiger partial charge is 0.393 e. The number of aliphatic hydroxyl groups is 1. The molecule has 17 heavy (non-hydrogen) atoms. The van der Waals surface area contributed by atoms with Gasteiger partial charge in [-0.25, -0.2) is 0 Å². The third kappa shape index (κ3) is 4.82. The normalized spacial score (nSPS) is 11.9. The molecule has 1 heterocycles. The van der Waals surface area contributed by atoms with Crippen molar-refractivity contribution < 1.29 is 9.90 Å². The number of hydrogen-bond donors (Lipinski definition) is 3. The van der Waals surface area contributed by atoms with Gasteiger partial charge in [0.1, 0.15) is 5.69 Å². The number of carbonyl (C=O) groups excluding carboxylic acids is 1. The monoisotopic (exact) mass is 237 g/mol. The summed E-state index contributed by atoms with van der Waals surface area (Å²) in [6.07, 6.45) is 2.98. The van der Waals surface area contributed by atoms with Crippen LogP contribution in [0.1, 0.15) is 30.3 Å². The van der Waals surface area contributed by atoms with Gasteiger partial charge < -0.3 is 15.7 Å². The second-order valence-electron chi connectivity index (χ2n) is 3.93. The molecule has 0 aliphatic carbocycles. The summed E-state index contributed by atoms with van der Waals surface area (Å²) in [5, 5.41) is 14.8. The highest BCUT2D eigenvalue weighted by molar-refractivity contribution is 5.92. The molecule has 1 rings (SSSR count). The number of pyridine rings is 1. The van der Waals surface area contributed by atoms with Gasteiger partial charge >= 0.3 is 0 Å². The highest BCUT2D eigenvalue weighted by atomic mass is 16.3. The molecule has 1 aromatic heterocycles. The van der Waals surface area contributed by atoms with Crippen molar-refractivity contribution in [1.82, 2.24) is 10.3 Å². The molecule has 0 saturated heterocycles. The first kappa shape index (κ1) is 13.4. The van der Waals surface area contributed by atoms with Crippen LogP contribution in [0.2, 0.25) is 0 Å². The smallest absolute Gasteiger partial charge is 0.269 e. The van der Waals surface area contributed by atoms with E-state index >= 15 is 0 Å². The average molecular weight is 237 g/mol. The van der Waals surface area contributed by atoms with Gasteiger partial charge in [-0.2, -0.15) is 0 Å². The van der Waals surface area contributed by atoms with Gasteiger partial charge in [0.15, 0.2) is 0 Å². The maximum atomic E-state index is 11.4. The van der Waals surface area contributed by atoms with Gasteiger partial charge in [0.2, 0.25) is 0 Å². The predicted octanol–water partition coefficient (Wildman–Crippen LogP) is 1.01. The molecule has 0 bridgehead atoms. The molecule has 5 heteroatoms. The zero-order valence-electron chi connectivity index (χ0n) is 10.2. The fourth-order valence-corrected chi connectivity index (χ4v) is 1.42. The van der Waals surface area contributed by atoms with Gasteiger partial charge in [0.25, 0.3) is 5.91 Å². The van der Waals surface area contributed by atoms with E-state index < -0.39 is 0 Å². The van der Waals surface area contributed by atoms with Crippen LogP contribution < -0.4 is 10.6 Å². The molecule has 5 nitrogen and oxygen atoms in total. The SMILES string of the molecule is CNC(=O)c1cc(NCCCC(C)O)ccn1. The number of carbonyl (C=O) groups is 1. The molecule has 0 saturated carbocycles. The second-order valence-corrected chi connectivity index (χ2v) is 3.93. The molecule has 3 N–H and O–H groups in total. The Labute approximate surface area is 101 Å². The van der Waals surface area contributed by atoms with Crippen LogP contribution in [0.3, 0.4) is 0 Å². The first-order valence-electron chi connectivity index (χ1n) is 5.73. The van der Waals surface area contributed by atoms with Crippen LogP contribution >= 0.6 is 0 Å². The lowest BCUT2D eigenvalue weighted by Gasteiger charge is -2.08.